The van der Waals surface area contributed by atoms with Crippen LogP contribution in [0.15, 0.2) is 49.2 Å². The molecule has 0 spiro atoms. The van der Waals surface area contributed by atoms with Crippen LogP contribution in [0, 0.1) is 0 Å². The van der Waals surface area contributed by atoms with Crippen LogP contribution < -0.4 is 10.1 Å². The normalized spacial score (nSPS) is 12.1. The number of imidazole rings is 1. The van der Waals surface area contributed by atoms with Crippen molar-refractivity contribution in [1.82, 2.24) is 14.5 Å². The summed E-state index contributed by atoms with van der Waals surface area (Å²) >= 11 is 0. The number of ether oxygens (including phenoxy) is 1. The molecule has 23 heavy (non-hydrogen) atoms. The highest BCUT2D eigenvalue weighted by Gasteiger charge is 2.19. The Labute approximate surface area is 132 Å². The molecule has 1 amide bonds. The first-order valence-electron chi connectivity index (χ1n) is 7.05. The second kappa shape index (κ2) is 6.45. The number of carbonyl (C=O) groups is 1. The van der Waals surface area contributed by atoms with Crippen LogP contribution in [0.25, 0.3) is 10.9 Å². The summed E-state index contributed by atoms with van der Waals surface area (Å²) in [6.45, 7) is -0.327. The van der Waals surface area contributed by atoms with Gasteiger partial charge in [-0.25, -0.2) is 4.98 Å². The highest BCUT2D eigenvalue weighted by atomic mass is 16.5. The van der Waals surface area contributed by atoms with E-state index in [9.17, 15) is 9.90 Å². The Balaban J connectivity index is 1.87. The van der Waals surface area contributed by atoms with Crippen LogP contribution in [0.4, 0.5) is 5.69 Å². The Morgan fingerprint density at radius 3 is 3.04 bits per heavy atom. The van der Waals surface area contributed by atoms with Crippen molar-refractivity contribution in [3.8, 4) is 5.75 Å². The number of methoxy groups -OCH3 is 1. The van der Waals surface area contributed by atoms with Gasteiger partial charge in [0.25, 0.3) is 0 Å². The van der Waals surface area contributed by atoms with E-state index >= 15 is 0 Å². The van der Waals surface area contributed by atoms with E-state index in [1.807, 2.05) is 18.2 Å². The standard InChI is InChI=1S/C16H16N4O3/c1-23-15-4-2-3-13-12(15)7-11(8-18-13)19-16(22)14(9-21)20-6-5-17-10-20/h2-8,10,14,21H,9H2,1H3,(H,19,22)/t14-/m0/s1. The molecule has 3 aromatic rings. The van der Waals surface area contributed by atoms with Crippen molar-refractivity contribution in [2.45, 2.75) is 6.04 Å². The summed E-state index contributed by atoms with van der Waals surface area (Å²) in [6, 6.07) is 6.60. The van der Waals surface area contributed by atoms with Gasteiger partial charge in [-0.1, -0.05) is 6.07 Å². The molecule has 7 nitrogen and oxygen atoms in total. The van der Waals surface area contributed by atoms with Gasteiger partial charge < -0.3 is 19.7 Å². The monoisotopic (exact) mass is 312 g/mol. The number of aromatic nitrogens is 3. The second-order valence-corrected chi connectivity index (χ2v) is 4.95. The number of fused-ring (bicyclic) bond motifs is 1. The molecule has 0 aliphatic heterocycles. The number of anilines is 1. The molecule has 0 bridgehead atoms. The van der Waals surface area contributed by atoms with E-state index in [0.29, 0.717) is 11.4 Å². The summed E-state index contributed by atoms with van der Waals surface area (Å²) in [7, 11) is 1.58. The van der Waals surface area contributed by atoms with Gasteiger partial charge in [0.15, 0.2) is 0 Å². The smallest absolute Gasteiger partial charge is 0.249 e. The van der Waals surface area contributed by atoms with Gasteiger partial charge in [-0.2, -0.15) is 0 Å². The third kappa shape index (κ3) is 3.00. The summed E-state index contributed by atoms with van der Waals surface area (Å²) in [5.74, 6) is 0.334. The average Bonchev–Trinajstić information content (AvgIpc) is 3.09. The molecular formula is C16H16N4O3. The maximum atomic E-state index is 12.4. The summed E-state index contributed by atoms with van der Waals surface area (Å²) in [5, 5.41) is 13.0. The van der Waals surface area contributed by atoms with Gasteiger partial charge in [0, 0.05) is 17.8 Å². The molecule has 1 atom stereocenters. The molecule has 2 N–H and O–H groups in total. The van der Waals surface area contributed by atoms with Crippen LogP contribution in [0.2, 0.25) is 0 Å². The van der Waals surface area contributed by atoms with Crippen LogP contribution in [-0.4, -0.2) is 39.3 Å². The summed E-state index contributed by atoms with van der Waals surface area (Å²) in [6.07, 6.45) is 6.24. The Morgan fingerprint density at radius 2 is 2.35 bits per heavy atom. The summed E-state index contributed by atoms with van der Waals surface area (Å²) in [5.41, 5.74) is 1.31. The highest BCUT2D eigenvalue weighted by molar-refractivity contribution is 5.96. The largest absolute Gasteiger partial charge is 0.496 e. The molecular weight excluding hydrogens is 296 g/mol. The van der Waals surface area contributed by atoms with E-state index in [-0.39, 0.29) is 12.5 Å². The molecule has 7 heteroatoms. The van der Waals surface area contributed by atoms with Gasteiger partial charge in [-0.3, -0.25) is 9.78 Å². The zero-order chi connectivity index (χ0) is 16.2. The van der Waals surface area contributed by atoms with E-state index in [2.05, 4.69) is 15.3 Å². The highest BCUT2D eigenvalue weighted by Crippen LogP contribution is 2.26. The third-order valence-corrected chi connectivity index (χ3v) is 3.53. The number of benzene rings is 1. The SMILES string of the molecule is COc1cccc2ncc(NC(=O)[C@H](CO)n3ccnc3)cc12. The fraction of sp³-hybridized carbons (Fsp3) is 0.188. The van der Waals surface area contributed by atoms with E-state index in [0.717, 1.165) is 10.9 Å². The van der Waals surface area contributed by atoms with Crippen LogP contribution >= 0.6 is 0 Å². The minimum absolute atomic E-state index is 0.327. The van der Waals surface area contributed by atoms with Gasteiger partial charge >= 0.3 is 0 Å². The van der Waals surface area contributed by atoms with E-state index in [1.54, 1.807) is 36.3 Å². The van der Waals surface area contributed by atoms with Crippen molar-refractivity contribution in [3.63, 3.8) is 0 Å². The number of hydrogen-bond donors (Lipinski definition) is 2. The first-order chi connectivity index (χ1) is 11.2. The Kier molecular flexibility index (Phi) is 4.20. The molecule has 0 fully saturated rings. The predicted octanol–water partition coefficient (Wildman–Crippen LogP) is 1.61. The van der Waals surface area contributed by atoms with Gasteiger partial charge in [0.2, 0.25) is 5.91 Å². The lowest BCUT2D eigenvalue weighted by atomic mass is 10.2. The zero-order valence-electron chi connectivity index (χ0n) is 12.5. The molecule has 0 saturated heterocycles. The third-order valence-electron chi connectivity index (χ3n) is 3.53. The van der Waals surface area contributed by atoms with Crippen LogP contribution in [0.5, 0.6) is 5.75 Å². The van der Waals surface area contributed by atoms with Crippen molar-refractivity contribution in [3.05, 3.63) is 49.2 Å². The fourth-order valence-corrected chi connectivity index (χ4v) is 2.36. The van der Waals surface area contributed by atoms with Crippen LogP contribution in [-0.2, 0) is 4.79 Å². The molecule has 0 saturated carbocycles. The lowest BCUT2D eigenvalue weighted by Gasteiger charge is -2.16. The van der Waals surface area contributed by atoms with Crippen LogP contribution in [0.1, 0.15) is 6.04 Å². The second-order valence-electron chi connectivity index (χ2n) is 4.95. The molecule has 118 valence electrons. The number of nitrogens with one attached hydrogen (secondary N) is 1. The molecule has 0 aliphatic rings. The number of aliphatic hydroxyl groups excluding tert-OH is 1. The maximum absolute atomic E-state index is 12.4. The number of amides is 1. The van der Waals surface area contributed by atoms with Gasteiger partial charge in [-0.15, -0.1) is 0 Å². The van der Waals surface area contributed by atoms with Crippen molar-refractivity contribution >= 4 is 22.5 Å². The average molecular weight is 312 g/mol. The topological polar surface area (TPSA) is 89.3 Å². The Bertz CT molecular complexity index is 817. The molecule has 1 aromatic carbocycles. The van der Waals surface area contributed by atoms with Crippen LogP contribution in [0.3, 0.4) is 0 Å². The summed E-state index contributed by atoms with van der Waals surface area (Å²) in [4.78, 5) is 20.6. The van der Waals surface area contributed by atoms with Crippen molar-refractivity contribution in [2.24, 2.45) is 0 Å². The predicted molar refractivity (Wildman–Crippen MR) is 85.3 cm³/mol. The molecule has 2 aromatic heterocycles. The number of pyridine rings is 1. The minimum Gasteiger partial charge on any atom is -0.496 e. The number of rotatable bonds is 5. The Hall–Kier alpha value is -2.93. The number of aliphatic hydroxyl groups is 1. The number of hydrogen-bond acceptors (Lipinski definition) is 5. The number of carbonyl (C=O) groups excluding carboxylic acids is 1. The maximum Gasteiger partial charge on any atom is 0.249 e. The van der Waals surface area contributed by atoms with E-state index in [4.69, 9.17) is 4.74 Å². The minimum atomic E-state index is -0.745. The zero-order valence-corrected chi connectivity index (χ0v) is 12.5. The van der Waals surface area contributed by atoms with Gasteiger partial charge in [-0.05, 0) is 18.2 Å². The first-order valence-corrected chi connectivity index (χ1v) is 7.05. The van der Waals surface area contributed by atoms with E-state index in [1.165, 1.54) is 6.33 Å². The molecule has 0 aliphatic carbocycles. The molecule has 3 rings (SSSR count). The lowest BCUT2D eigenvalue weighted by molar-refractivity contribution is -0.120. The van der Waals surface area contributed by atoms with Gasteiger partial charge in [0.1, 0.15) is 11.8 Å². The van der Waals surface area contributed by atoms with Crippen molar-refractivity contribution in [2.75, 3.05) is 19.0 Å². The fourth-order valence-electron chi connectivity index (χ4n) is 2.36. The lowest BCUT2D eigenvalue weighted by Crippen LogP contribution is -2.28. The van der Waals surface area contributed by atoms with Crippen molar-refractivity contribution < 1.29 is 14.6 Å². The van der Waals surface area contributed by atoms with Gasteiger partial charge in [0.05, 0.1) is 37.4 Å². The Morgan fingerprint density at radius 1 is 1.48 bits per heavy atom. The molecule has 2 heterocycles. The first kappa shape index (κ1) is 15.0. The van der Waals surface area contributed by atoms with Crippen molar-refractivity contribution in [1.29, 1.82) is 0 Å². The molecule has 0 radical (unpaired) electrons. The quantitative estimate of drug-likeness (QED) is 0.747. The summed E-state index contributed by atoms with van der Waals surface area (Å²) < 4.78 is 6.86. The molecule has 0 unspecified atom stereocenters. The van der Waals surface area contributed by atoms with E-state index < -0.39 is 6.04 Å². The number of nitrogens with zero attached hydrogens (tertiary/aromatic N) is 3.